The maximum atomic E-state index is 12.2. The Morgan fingerprint density at radius 1 is 1.11 bits per heavy atom. The first-order chi connectivity index (χ1) is 13.2. The molecular weight excluding hydrogens is 388 g/mol. The molecule has 0 aliphatic carbocycles. The number of nitrogens with one attached hydrogen (secondary N) is 1. The van der Waals surface area contributed by atoms with E-state index in [2.05, 4.69) is 4.72 Å². The number of aliphatic hydroxyl groups is 1. The third kappa shape index (κ3) is 4.73. The van der Waals surface area contributed by atoms with Crippen molar-refractivity contribution in [3.63, 3.8) is 0 Å². The largest absolute Gasteiger partial charge is 0.478 e. The highest BCUT2D eigenvalue weighted by Crippen LogP contribution is 2.15. The molecule has 0 amide bonds. The Kier molecular flexibility index (Phi) is 5.75. The van der Waals surface area contributed by atoms with Crippen molar-refractivity contribution in [3.05, 3.63) is 70.8 Å². The second-order valence-corrected chi connectivity index (χ2v) is 7.91. The summed E-state index contributed by atoms with van der Waals surface area (Å²) in [7, 11) is -3.71. The number of hydrogen-bond donors (Lipinski definition) is 3. The van der Waals surface area contributed by atoms with Gasteiger partial charge in [0.2, 0.25) is 0 Å². The van der Waals surface area contributed by atoms with E-state index in [0.717, 1.165) is 4.31 Å². The number of esters is 1. The van der Waals surface area contributed by atoms with Gasteiger partial charge < -0.3 is 14.9 Å². The van der Waals surface area contributed by atoms with Crippen LogP contribution in [0.2, 0.25) is 0 Å². The van der Waals surface area contributed by atoms with Gasteiger partial charge in [-0.05, 0) is 35.4 Å². The van der Waals surface area contributed by atoms with E-state index in [0.29, 0.717) is 11.1 Å². The van der Waals surface area contributed by atoms with Crippen LogP contribution >= 0.6 is 0 Å². The van der Waals surface area contributed by atoms with Gasteiger partial charge in [0.1, 0.15) is 12.8 Å². The zero-order chi connectivity index (χ0) is 20.3. The zero-order valence-electron chi connectivity index (χ0n) is 14.6. The molecule has 1 aliphatic heterocycles. The van der Waals surface area contributed by atoms with Crippen LogP contribution in [0.1, 0.15) is 31.8 Å². The zero-order valence-corrected chi connectivity index (χ0v) is 15.4. The summed E-state index contributed by atoms with van der Waals surface area (Å²) in [5.41, 5.74) is 1.58. The highest BCUT2D eigenvalue weighted by molar-refractivity contribution is 7.87. The molecule has 1 unspecified atom stereocenters. The van der Waals surface area contributed by atoms with Gasteiger partial charge in [0, 0.05) is 6.54 Å². The maximum Gasteiger partial charge on any atom is 0.338 e. The number of β-amino-alcohol motifs (C(OH)–C–C–N with tert-alkyl or cyclic N) is 1. The molecule has 2 aromatic rings. The van der Waals surface area contributed by atoms with Crippen molar-refractivity contribution in [2.75, 3.05) is 6.54 Å². The van der Waals surface area contributed by atoms with Crippen LogP contribution in [0.3, 0.4) is 0 Å². The third-order valence-corrected chi connectivity index (χ3v) is 5.62. The predicted octanol–water partition coefficient (Wildman–Crippen LogP) is 0.710. The molecule has 0 spiro atoms. The Balaban J connectivity index is 1.59. The number of aromatic carboxylic acids is 1. The van der Waals surface area contributed by atoms with Crippen LogP contribution in [0, 0.1) is 0 Å². The summed E-state index contributed by atoms with van der Waals surface area (Å²) in [6.45, 7) is -0.0669. The Morgan fingerprint density at radius 2 is 1.82 bits per heavy atom. The third-order valence-electron chi connectivity index (χ3n) is 4.09. The van der Waals surface area contributed by atoms with Crippen molar-refractivity contribution in [2.24, 2.45) is 0 Å². The second kappa shape index (κ2) is 8.07. The summed E-state index contributed by atoms with van der Waals surface area (Å²) < 4.78 is 31.9. The molecule has 2 aromatic carbocycles. The lowest BCUT2D eigenvalue weighted by Gasteiger charge is -2.13. The summed E-state index contributed by atoms with van der Waals surface area (Å²) >= 11 is 0. The molecule has 1 fully saturated rings. The second-order valence-electron chi connectivity index (χ2n) is 6.21. The molecule has 0 aromatic heterocycles. The van der Waals surface area contributed by atoms with Gasteiger partial charge in [0.05, 0.1) is 17.7 Å². The van der Waals surface area contributed by atoms with Crippen molar-refractivity contribution >= 4 is 22.1 Å². The molecule has 1 heterocycles. The number of carboxylic acid groups (broad SMARTS) is 1. The predicted molar refractivity (Wildman–Crippen MR) is 97.4 cm³/mol. The SMILES string of the molecule is O=C(O)c1cccc(COC(=O)c2ccc(CN3CC(O)NS3(=O)=O)cc2)c1. The summed E-state index contributed by atoms with van der Waals surface area (Å²) in [5, 5.41) is 18.4. The van der Waals surface area contributed by atoms with Gasteiger partial charge in [0.15, 0.2) is 0 Å². The molecule has 9 nitrogen and oxygen atoms in total. The highest BCUT2D eigenvalue weighted by Gasteiger charge is 2.33. The number of nitrogens with zero attached hydrogens (tertiary/aromatic N) is 1. The van der Waals surface area contributed by atoms with Gasteiger partial charge in [0.25, 0.3) is 10.2 Å². The van der Waals surface area contributed by atoms with Crippen LogP contribution in [0.25, 0.3) is 0 Å². The molecular formula is C18H18N2O7S. The van der Waals surface area contributed by atoms with Crippen LogP contribution in [-0.2, 0) is 28.1 Å². The molecule has 10 heteroatoms. The molecule has 1 aliphatic rings. The molecule has 0 radical (unpaired) electrons. The van der Waals surface area contributed by atoms with E-state index < -0.39 is 28.4 Å². The first kappa shape index (κ1) is 20.0. The Hall–Kier alpha value is -2.79. The van der Waals surface area contributed by atoms with E-state index in [1.54, 1.807) is 24.3 Å². The fraction of sp³-hybridized carbons (Fsp3) is 0.222. The van der Waals surface area contributed by atoms with Gasteiger partial charge in [-0.25, -0.2) is 9.59 Å². The number of carbonyl (C=O) groups is 2. The summed E-state index contributed by atoms with van der Waals surface area (Å²) in [4.78, 5) is 23.1. The van der Waals surface area contributed by atoms with Crippen LogP contribution < -0.4 is 4.72 Å². The van der Waals surface area contributed by atoms with Crippen LogP contribution in [-0.4, -0.2) is 47.6 Å². The summed E-state index contributed by atoms with van der Waals surface area (Å²) in [5.74, 6) is -1.65. The van der Waals surface area contributed by atoms with Crippen LogP contribution in [0.5, 0.6) is 0 Å². The maximum absolute atomic E-state index is 12.2. The molecule has 0 saturated carbocycles. The van der Waals surface area contributed by atoms with Crippen molar-refractivity contribution < 1.29 is 33.0 Å². The average molecular weight is 406 g/mol. The highest BCUT2D eigenvalue weighted by atomic mass is 32.2. The smallest absolute Gasteiger partial charge is 0.338 e. The molecule has 28 heavy (non-hydrogen) atoms. The quantitative estimate of drug-likeness (QED) is 0.602. The van der Waals surface area contributed by atoms with Gasteiger partial charge in [-0.15, -0.1) is 0 Å². The number of carbonyl (C=O) groups excluding carboxylic acids is 1. The standard InChI is InChI=1S/C18H18N2O7S/c21-16-10-20(28(25,26)19-16)9-12-4-6-14(7-5-12)18(24)27-11-13-2-1-3-15(8-13)17(22)23/h1-8,16,19,21H,9-11H2,(H,22,23). The minimum atomic E-state index is -3.71. The average Bonchev–Trinajstić information content (AvgIpc) is 2.91. The van der Waals surface area contributed by atoms with E-state index in [1.165, 1.54) is 24.3 Å². The Bertz CT molecular complexity index is 989. The number of ether oxygens (including phenoxy) is 1. The first-order valence-corrected chi connectivity index (χ1v) is 9.72. The number of benzene rings is 2. The molecule has 3 rings (SSSR count). The van der Waals surface area contributed by atoms with E-state index in [-0.39, 0.29) is 30.8 Å². The lowest BCUT2D eigenvalue weighted by atomic mass is 10.1. The van der Waals surface area contributed by atoms with Gasteiger partial charge >= 0.3 is 11.9 Å². The van der Waals surface area contributed by atoms with Gasteiger partial charge in [-0.1, -0.05) is 24.3 Å². The van der Waals surface area contributed by atoms with E-state index in [9.17, 15) is 23.1 Å². The fourth-order valence-corrected chi connectivity index (χ4v) is 3.92. The lowest BCUT2D eigenvalue weighted by Crippen LogP contribution is -2.29. The van der Waals surface area contributed by atoms with Gasteiger partial charge in [-0.2, -0.15) is 17.4 Å². The minimum Gasteiger partial charge on any atom is -0.478 e. The topological polar surface area (TPSA) is 133 Å². The van der Waals surface area contributed by atoms with E-state index in [4.69, 9.17) is 9.84 Å². The van der Waals surface area contributed by atoms with Crippen molar-refractivity contribution in [1.82, 2.24) is 9.03 Å². The molecule has 148 valence electrons. The number of rotatable bonds is 6. The van der Waals surface area contributed by atoms with Crippen molar-refractivity contribution in [1.29, 1.82) is 0 Å². The number of carboxylic acids is 1. The van der Waals surface area contributed by atoms with Crippen LogP contribution in [0.4, 0.5) is 0 Å². The van der Waals surface area contributed by atoms with Crippen molar-refractivity contribution in [3.8, 4) is 0 Å². The van der Waals surface area contributed by atoms with E-state index in [1.807, 2.05) is 0 Å². The first-order valence-electron chi connectivity index (χ1n) is 8.28. The summed E-state index contributed by atoms with van der Waals surface area (Å²) in [6.07, 6.45) is -1.14. The normalized spacial score (nSPS) is 18.7. The van der Waals surface area contributed by atoms with Gasteiger partial charge in [-0.3, -0.25) is 0 Å². The molecule has 1 atom stereocenters. The monoisotopic (exact) mass is 406 g/mol. The fourth-order valence-electron chi connectivity index (χ4n) is 2.70. The Morgan fingerprint density at radius 3 is 2.43 bits per heavy atom. The Labute approximate surface area is 161 Å². The molecule has 3 N–H and O–H groups in total. The summed E-state index contributed by atoms with van der Waals surface area (Å²) in [6, 6.07) is 12.3. The molecule has 1 saturated heterocycles. The lowest BCUT2D eigenvalue weighted by molar-refractivity contribution is 0.0472. The molecule has 0 bridgehead atoms. The van der Waals surface area contributed by atoms with Crippen LogP contribution in [0.15, 0.2) is 48.5 Å². The number of hydrogen-bond acceptors (Lipinski definition) is 6. The van der Waals surface area contributed by atoms with E-state index >= 15 is 0 Å². The minimum absolute atomic E-state index is 0.0540. The van der Waals surface area contributed by atoms with Crippen molar-refractivity contribution in [2.45, 2.75) is 19.4 Å². The number of aliphatic hydroxyl groups excluding tert-OH is 1.